The van der Waals surface area contributed by atoms with Crippen LogP contribution in [-0.2, 0) is 4.79 Å². The molecule has 0 bridgehead atoms. The summed E-state index contributed by atoms with van der Waals surface area (Å²) in [5.74, 6) is -0.307. The van der Waals surface area contributed by atoms with E-state index in [1.807, 2.05) is 46.0 Å². The highest BCUT2D eigenvalue weighted by Gasteiger charge is 2.37. The zero-order valence-electron chi connectivity index (χ0n) is 21.6. The van der Waals surface area contributed by atoms with Crippen molar-refractivity contribution in [3.8, 4) is 0 Å². The third-order valence-corrected chi connectivity index (χ3v) is 6.50. The molecule has 1 fully saturated rings. The maximum Gasteiger partial charge on any atom is 0.335 e. The lowest BCUT2D eigenvalue weighted by atomic mass is 9.98. The second-order valence-electron chi connectivity index (χ2n) is 8.72. The van der Waals surface area contributed by atoms with Crippen LogP contribution in [0.2, 0.25) is 0 Å². The van der Waals surface area contributed by atoms with Gasteiger partial charge in [0.25, 0.3) is 0 Å². The molecule has 3 rings (SSSR count). The van der Waals surface area contributed by atoms with Crippen LogP contribution >= 0.6 is 18.5 Å². The lowest BCUT2D eigenvalue weighted by molar-refractivity contribution is -0.133. The predicted molar refractivity (Wildman–Crippen MR) is 154 cm³/mol. The van der Waals surface area contributed by atoms with Gasteiger partial charge in [0.05, 0.1) is 11.6 Å². The van der Waals surface area contributed by atoms with Crippen molar-refractivity contribution >= 4 is 30.2 Å². The topological polar surface area (TPSA) is 89.0 Å². The Labute approximate surface area is 219 Å². The Morgan fingerprint density at radius 1 is 1.28 bits per heavy atom. The zero-order valence-corrected chi connectivity index (χ0v) is 24.0. The first kappa shape index (κ1) is 30.0. The van der Waals surface area contributed by atoms with E-state index >= 15 is 4.39 Å². The second kappa shape index (κ2) is 13.9. The van der Waals surface area contributed by atoms with E-state index < -0.39 is 23.3 Å². The van der Waals surface area contributed by atoms with Gasteiger partial charge in [-0.3, -0.25) is 5.32 Å². The van der Waals surface area contributed by atoms with Crippen molar-refractivity contribution in [3.63, 3.8) is 0 Å². The molecule has 0 aliphatic carbocycles. The number of aliphatic imine (C=N–C) groups is 1. The van der Waals surface area contributed by atoms with Crippen LogP contribution < -0.4 is 16.0 Å². The van der Waals surface area contributed by atoms with Crippen LogP contribution in [0.1, 0.15) is 47.0 Å². The van der Waals surface area contributed by atoms with Crippen molar-refractivity contribution in [1.82, 2.24) is 20.9 Å². The smallest absolute Gasteiger partial charge is 0.335 e. The Hall–Kier alpha value is -2.27. The van der Waals surface area contributed by atoms with E-state index in [-0.39, 0.29) is 5.57 Å². The highest BCUT2D eigenvalue weighted by atomic mass is 31.1. The number of aliphatic carboxylic acids is 1. The number of piperidine rings is 1. The third-order valence-electron chi connectivity index (χ3n) is 5.83. The first-order valence-corrected chi connectivity index (χ1v) is 13.5. The summed E-state index contributed by atoms with van der Waals surface area (Å²) in [6, 6.07) is -0.911. The molecule has 3 aliphatic heterocycles. The molecular weight excluding hydrogens is 495 g/mol. The van der Waals surface area contributed by atoms with Crippen molar-refractivity contribution in [1.29, 1.82) is 0 Å². The fourth-order valence-electron chi connectivity index (χ4n) is 4.09. The van der Waals surface area contributed by atoms with E-state index in [1.165, 1.54) is 12.5 Å². The van der Waals surface area contributed by atoms with Gasteiger partial charge in [0.15, 0.2) is 5.15 Å². The number of alkyl halides is 1. The standard InChI is InChI=1S/C24H34FN5O2P2.C2H6/c1-15-12-19(21(24(25,33)34)29-22-18(23(31)32)8-7-9-26-22)17(3)28-20(13-16(2)27-14-15)30-10-5-4-6-11-30;1-2/h7-9,12-14,21-22,26-27,29H,2,4-6,10-11,33-34H2,1,3H3,(H,31,32);1-2H3/b15-14-,19-12+,20-13+,28-17?;. The molecule has 3 heterocycles. The zero-order chi connectivity index (χ0) is 26.9. The Bertz CT molecular complexity index is 1000. The number of nitrogens with one attached hydrogen (secondary N) is 3. The van der Waals surface area contributed by atoms with Gasteiger partial charge in [0.1, 0.15) is 12.0 Å². The van der Waals surface area contributed by atoms with Gasteiger partial charge in [0.2, 0.25) is 0 Å². The van der Waals surface area contributed by atoms with E-state index in [1.54, 1.807) is 12.3 Å². The molecule has 3 aliphatic rings. The highest BCUT2D eigenvalue weighted by Crippen LogP contribution is 2.37. The van der Waals surface area contributed by atoms with Crippen LogP contribution in [0.3, 0.4) is 0 Å². The quantitative estimate of drug-likeness (QED) is 0.374. The minimum Gasteiger partial charge on any atom is -0.478 e. The van der Waals surface area contributed by atoms with Crippen LogP contribution in [0.5, 0.6) is 0 Å². The molecule has 0 aromatic rings. The molecule has 1 saturated heterocycles. The summed E-state index contributed by atoms with van der Waals surface area (Å²) in [4.78, 5) is 18.9. The molecule has 4 atom stereocenters. The molecule has 0 amide bonds. The first-order chi connectivity index (χ1) is 17.1. The number of allylic oxidation sites excluding steroid dienone is 5. The lowest BCUT2D eigenvalue weighted by Crippen LogP contribution is -2.54. The van der Waals surface area contributed by atoms with Gasteiger partial charge in [0, 0.05) is 36.8 Å². The molecule has 0 aromatic heterocycles. The van der Waals surface area contributed by atoms with Crippen LogP contribution in [0.25, 0.3) is 0 Å². The first-order valence-electron chi connectivity index (χ1n) is 12.3. The number of carboxylic acids is 1. The van der Waals surface area contributed by atoms with Crippen molar-refractivity contribution in [2.45, 2.75) is 64.3 Å². The molecule has 198 valence electrons. The molecule has 0 aromatic carbocycles. The number of halogens is 1. The fraction of sp³-hybridized carbons (Fsp3) is 0.462. The molecule has 36 heavy (non-hydrogen) atoms. The summed E-state index contributed by atoms with van der Waals surface area (Å²) in [5.41, 5.74) is 2.91. The Morgan fingerprint density at radius 2 is 1.94 bits per heavy atom. The lowest BCUT2D eigenvalue weighted by Gasteiger charge is -2.35. The van der Waals surface area contributed by atoms with Crippen molar-refractivity contribution in [3.05, 3.63) is 71.5 Å². The summed E-state index contributed by atoms with van der Waals surface area (Å²) in [6.45, 7) is 13.6. The SMILES string of the molecule is C=C1/C=C(/N2CCCCC2)N=C(C)/C(C(NC2NC=CC=C2C(=O)O)C(F)(P)P)=C\C(C)=C/N1.CC. The number of nitrogens with zero attached hydrogens (tertiary/aromatic N) is 2. The number of carbonyl (C=O) groups is 1. The number of carboxylic acid groups (broad SMARTS) is 1. The largest absolute Gasteiger partial charge is 0.478 e. The number of hydrogen-bond donors (Lipinski definition) is 4. The van der Waals surface area contributed by atoms with Gasteiger partial charge in [-0.2, -0.15) is 0 Å². The van der Waals surface area contributed by atoms with Gasteiger partial charge < -0.3 is 20.6 Å². The minimum absolute atomic E-state index is 0.0981. The molecule has 7 nitrogen and oxygen atoms in total. The van der Waals surface area contributed by atoms with Crippen LogP contribution in [-0.4, -0.2) is 52.1 Å². The average molecular weight is 536 g/mol. The number of hydrogen-bond acceptors (Lipinski definition) is 6. The molecule has 0 spiro atoms. The number of likely N-dealkylation sites (tertiary alicyclic amines) is 1. The summed E-state index contributed by atoms with van der Waals surface area (Å²) in [7, 11) is 4.41. The number of rotatable bonds is 6. The van der Waals surface area contributed by atoms with E-state index in [9.17, 15) is 9.90 Å². The molecule has 4 N–H and O–H groups in total. The average Bonchev–Trinajstić information content (AvgIpc) is 2.85. The summed E-state index contributed by atoms with van der Waals surface area (Å²) in [6.07, 6.45) is 12.9. The van der Waals surface area contributed by atoms with Gasteiger partial charge in [-0.1, -0.05) is 45.0 Å². The summed E-state index contributed by atoms with van der Waals surface area (Å²) >= 11 is 0. The second-order valence-corrected chi connectivity index (χ2v) is 11.2. The minimum atomic E-state index is -1.88. The molecule has 4 unspecified atom stereocenters. The van der Waals surface area contributed by atoms with Gasteiger partial charge >= 0.3 is 5.97 Å². The van der Waals surface area contributed by atoms with Gasteiger partial charge in [-0.25, -0.2) is 14.2 Å². The van der Waals surface area contributed by atoms with Crippen molar-refractivity contribution in [2.75, 3.05) is 13.1 Å². The van der Waals surface area contributed by atoms with Crippen molar-refractivity contribution < 1.29 is 14.3 Å². The monoisotopic (exact) mass is 535 g/mol. The molecule has 0 saturated carbocycles. The highest BCUT2D eigenvalue weighted by molar-refractivity contribution is 7.39. The number of dihydropyridines is 1. The molecule has 0 radical (unpaired) electrons. The van der Waals surface area contributed by atoms with Crippen LogP contribution in [0.15, 0.2) is 76.5 Å². The normalized spacial score (nSPS) is 26.1. The van der Waals surface area contributed by atoms with E-state index in [4.69, 9.17) is 4.99 Å². The Balaban J connectivity index is 0.00000222. The molecular formula is C26H40FN5O2P2. The van der Waals surface area contributed by atoms with Gasteiger partial charge in [-0.15, -0.1) is 0 Å². The predicted octanol–water partition coefficient (Wildman–Crippen LogP) is 4.53. The summed E-state index contributed by atoms with van der Waals surface area (Å²) in [5, 5.41) is 17.1. The van der Waals surface area contributed by atoms with Gasteiger partial charge in [-0.05, 0) is 62.6 Å². The maximum absolute atomic E-state index is 15.6. The fourth-order valence-corrected chi connectivity index (χ4v) is 4.64. The van der Waals surface area contributed by atoms with E-state index in [0.29, 0.717) is 11.3 Å². The third kappa shape index (κ3) is 8.40. The van der Waals surface area contributed by atoms with Crippen molar-refractivity contribution in [2.24, 2.45) is 4.99 Å². The Kier molecular flexibility index (Phi) is 11.5. The van der Waals surface area contributed by atoms with E-state index in [2.05, 4.69) is 45.9 Å². The molecule has 10 heteroatoms. The van der Waals surface area contributed by atoms with E-state index in [0.717, 1.165) is 43.0 Å². The van der Waals surface area contributed by atoms with Crippen LogP contribution in [0.4, 0.5) is 4.39 Å². The van der Waals surface area contributed by atoms with Crippen LogP contribution in [0, 0.1) is 0 Å². The summed E-state index contributed by atoms with van der Waals surface area (Å²) < 4.78 is 15.6. The Morgan fingerprint density at radius 3 is 2.56 bits per heavy atom. The maximum atomic E-state index is 15.6.